The summed E-state index contributed by atoms with van der Waals surface area (Å²) in [5.41, 5.74) is 0.698. The zero-order valence-corrected chi connectivity index (χ0v) is 11.2. The normalized spacial score (nSPS) is 10.1. The molecule has 2 aromatic rings. The van der Waals surface area contributed by atoms with Crippen molar-refractivity contribution in [1.29, 1.82) is 0 Å². The zero-order chi connectivity index (χ0) is 14.4. The van der Waals surface area contributed by atoms with Gasteiger partial charge in [0.25, 0.3) is 5.69 Å². The molecule has 5 heteroatoms. The molecule has 0 heterocycles. The molecule has 0 aliphatic heterocycles. The van der Waals surface area contributed by atoms with Gasteiger partial charge in [0.2, 0.25) is 0 Å². The Morgan fingerprint density at radius 2 is 1.90 bits per heavy atom. The fourth-order valence-corrected chi connectivity index (χ4v) is 1.74. The number of nitrogens with zero attached hydrogens (tertiary/aromatic N) is 1. The molecule has 2 aromatic carbocycles. The van der Waals surface area contributed by atoms with Crippen LogP contribution >= 0.6 is 0 Å². The molecule has 0 bridgehead atoms. The first-order valence-electron chi connectivity index (χ1n) is 6.45. The van der Waals surface area contributed by atoms with Crippen molar-refractivity contribution in [3.8, 4) is 11.5 Å². The number of hydrogen-bond acceptors (Lipinski definition) is 4. The monoisotopic (exact) mass is 272 g/mol. The second kappa shape index (κ2) is 6.56. The number of nitrogens with one attached hydrogen (secondary N) is 1. The molecule has 2 rings (SSSR count). The van der Waals surface area contributed by atoms with E-state index in [0.29, 0.717) is 17.2 Å². The largest absolute Gasteiger partial charge is 0.457 e. The van der Waals surface area contributed by atoms with E-state index in [9.17, 15) is 10.1 Å². The third-order valence-corrected chi connectivity index (χ3v) is 2.66. The highest BCUT2D eigenvalue weighted by atomic mass is 16.6. The minimum Gasteiger partial charge on any atom is -0.457 e. The van der Waals surface area contributed by atoms with Crippen molar-refractivity contribution >= 4 is 11.4 Å². The maximum atomic E-state index is 11.0. The Bertz CT molecular complexity index is 585. The summed E-state index contributed by atoms with van der Waals surface area (Å²) in [4.78, 5) is 10.5. The molecule has 0 fully saturated rings. The van der Waals surface area contributed by atoms with Crippen molar-refractivity contribution in [1.82, 2.24) is 0 Å². The summed E-state index contributed by atoms with van der Waals surface area (Å²) in [5.74, 6) is 1.10. The zero-order valence-electron chi connectivity index (χ0n) is 11.2. The molecule has 20 heavy (non-hydrogen) atoms. The van der Waals surface area contributed by atoms with E-state index in [2.05, 4.69) is 5.32 Å². The lowest BCUT2D eigenvalue weighted by Gasteiger charge is -2.09. The number of hydrogen-bond donors (Lipinski definition) is 1. The maximum Gasteiger partial charge on any atom is 0.275 e. The minimum absolute atomic E-state index is 0.0111. The van der Waals surface area contributed by atoms with E-state index in [-0.39, 0.29) is 5.69 Å². The molecule has 0 aliphatic rings. The Morgan fingerprint density at radius 3 is 2.55 bits per heavy atom. The Balaban J connectivity index is 2.26. The SMILES string of the molecule is CCCNc1cc(Oc2ccccc2)cc([N+](=O)[O-])c1. The van der Waals surface area contributed by atoms with Gasteiger partial charge in [-0.05, 0) is 18.6 Å². The molecule has 0 saturated carbocycles. The van der Waals surface area contributed by atoms with E-state index >= 15 is 0 Å². The van der Waals surface area contributed by atoms with E-state index in [0.717, 1.165) is 13.0 Å². The predicted molar refractivity (Wildman–Crippen MR) is 78.4 cm³/mol. The van der Waals surface area contributed by atoms with E-state index in [1.165, 1.54) is 12.1 Å². The van der Waals surface area contributed by atoms with Crippen molar-refractivity contribution in [3.63, 3.8) is 0 Å². The van der Waals surface area contributed by atoms with Gasteiger partial charge < -0.3 is 10.1 Å². The first kappa shape index (κ1) is 13.9. The number of anilines is 1. The summed E-state index contributed by atoms with van der Waals surface area (Å²) < 4.78 is 5.65. The maximum absolute atomic E-state index is 11.0. The highest BCUT2D eigenvalue weighted by Gasteiger charge is 2.11. The van der Waals surface area contributed by atoms with Crippen LogP contribution in [0.4, 0.5) is 11.4 Å². The molecule has 0 spiro atoms. The number of rotatable bonds is 6. The number of ether oxygens (including phenoxy) is 1. The summed E-state index contributed by atoms with van der Waals surface area (Å²) in [6.07, 6.45) is 0.942. The summed E-state index contributed by atoms with van der Waals surface area (Å²) in [6, 6.07) is 13.9. The number of nitro benzene ring substituents is 1. The van der Waals surface area contributed by atoms with Crippen LogP contribution in [0.5, 0.6) is 11.5 Å². The van der Waals surface area contributed by atoms with E-state index in [4.69, 9.17) is 4.74 Å². The van der Waals surface area contributed by atoms with Crippen LogP contribution in [0, 0.1) is 10.1 Å². The number of nitro groups is 1. The second-order valence-electron chi connectivity index (χ2n) is 4.31. The van der Waals surface area contributed by atoms with E-state index in [1.54, 1.807) is 18.2 Å². The Morgan fingerprint density at radius 1 is 1.15 bits per heavy atom. The van der Waals surface area contributed by atoms with E-state index in [1.807, 2.05) is 25.1 Å². The minimum atomic E-state index is -0.422. The smallest absolute Gasteiger partial charge is 0.275 e. The average Bonchev–Trinajstić information content (AvgIpc) is 2.46. The summed E-state index contributed by atoms with van der Waals surface area (Å²) in [5, 5.41) is 14.1. The molecule has 0 unspecified atom stereocenters. The highest BCUT2D eigenvalue weighted by Crippen LogP contribution is 2.29. The standard InChI is InChI=1S/C15H16N2O3/c1-2-8-16-12-9-13(17(18)19)11-15(10-12)20-14-6-4-3-5-7-14/h3-7,9-11,16H,2,8H2,1H3. The lowest BCUT2D eigenvalue weighted by Crippen LogP contribution is -2.01. The quantitative estimate of drug-likeness (QED) is 0.632. The third kappa shape index (κ3) is 3.71. The van der Waals surface area contributed by atoms with Crippen LogP contribution in [0.3, 0.4) is 0 Å². The van der Waals surface area contributed by atoms with Crippen molar-refractivity contribution in [2.24, 2.45) is 0 Å². The molecular weight excluding hydrogens is 256 g/mol. The Hall–Kier alpha value is -2.56. The molecule has 0 aliphatic carbocycles. The molecule has 0 saturated heterocycles. The fourth-order valence-electron chi connectivity index (χ4n) is 1.74. The van der Waals surface area contributed by atoms with Crippen LogP contribution in [-0.4, -0.2) is 11.5 Å². The van der Waals surface area contributed by atoms with Gasteiger partial charge in [0, 0.05) is 24.4 Å². The topological polar surface area (TPSA) is 64.4 Å². The van der Waals surface area contributed by atoms with Crippen LogP contribution in [0.2, 0.25) is 0 Å². The molecular formula is C15H16N2O3. The van der Waals surface area contributed by atoms with Crippen LogP contribution in [0.1, 0.15) is 13.3 Å². The predicted octanol–water partition coefficient (Wildman–Crippen LogP) is 4.21. The first-order chi connectivity index (χ1) is 9.69. The van der Waals surface area contributed by atoms with E-state index < -0.39 is 4.92 Å². The number of benzene rings is 2. The van der Waals surface area contributed by atoms with Crippen LogP contribution < -0.4 is 10.1 Å². The lowest BCUT2D eigenvalue weighted by molar-refractivity contribution is -0.384. The van der Waals surface area contributed by atoms with Crippen LogP contribution in [0.15, 0.2) is 48.5 Å². The summed E-state index contributed by atoms with van der Waals surface area (Å²) >= 11 is 0. The molecule has 0 amide bonds. The summed E-state index contributed by atoms with van der Waals surface area (Å²) in [6.45, 7) is 2.79. The van der Waals surface area contributed by atoms with Crippen molar-refractivity contribution in [2.45, 2.75) is 13.3 Å². The van der Waals surface area contributed by atoms with Gasteiger partial charge in [-0.3, -0.25) is 10.1 Å². The van der Waals surface area contributed by atoms with Gasteiger partial charge >= 0.3 is 0 Å². The molecule has 104 valence electrons. The van der Waals surface area contributed by atoms with Crippen LogP contribution in [0.25, 0.3) is 0 Å². The van der Waals surface area contributed by atoms with Gasteiger partial charge in [-0.15, -0.1) is 0 Å². The van der Waals surface area contributed by atoms with Gasteiger partial charge in [-0.25, -0.2) is 0 Å². The van der Waals surface area contributed by atoms with Crippen molar-refractivity contribution in [2.75, 3.05) is 11.9 Å². The van der Waals surface area contributed by atoms with Crippen molar-refractivity contribution in [3.05, 3.63) is 58.6 Å². The molecule has 1 N–H and O–H groups in total. The number of non-ortho nitro benzene ring substituents is 1. The summed E-state index contributed by atoms with van der Waals surface area (Å²) in [7, 11) is 0. The average molecular weight is 272 g/mol. The fraction of sp³-hybridized carbons (Fsp3) is 0.200. The molecule has 5 nitrogen and oxygen atoms in total. The number of para-hydroxylation sites is 1. The van der Waals surface area contributed by atoms with Gasteiger partial charge in [-0.2, -0.15) is 0 Å². The Kier molecular flexibility index (Phi) is 4.55. The lowest BCUT2D eigenvalue weighted by atomic mass is 10.2. The highest BCUT2D eigenvalue weighted by molar-refractivity contribution is 5.57. The van der Waals surface area contributed by atoms with Gasteiger partial charge in [0.05, 0.1) is 11.0 Å². The van der Waals surface area contributed by atoms with Gasteiger partial charge in [0.15, 0.2) is 0 Å². The molecule has 0 aromatic heterocycles. The van der Waals surface area contributed by atoms with Gasteiger partial charge in [0.1, 0.15) is 11.5 Å². The van der Waals surface area contributed by atoms with Crippen molar-refractivity contribution < 1.29 is 9.66 Å². The molecule has 0 atom stereocenters. The second-order valence-corrected chi connectivity index (χ2v) is 4.31. The third-order valence-electron chi connectivity index (χ3n) is 2.66. The van der Waals surface area contributed by atoms with Gasteiger partial charge in [-0.1, -0.05) is 25.1 Å². The molecule has 0 radical (unpaired) electrons. The Labute approximate surface area is 117 Å². The van der Waals surface area contributed by atoms with Crippen LogP contribution in [-0.2, 0) is 0 Å². The first-order valence-corrected chi connectivity index (χ1v) is 6.45.